The van der Waals surface area contributed by atoms with Crippen molar-refractivity contribution < 1.29 is 14.4 Å². The number of amides is 4. The van der Waals surface area contributed by atoms with Crippen LogP contribution in [0.15, 0.2) is 6.20 Å². The SMILES string of the molecule is CCc1cn[nH]c1NC(=O)CCN1C(=O)NC(C)(C)C1=O. The number of imide groups is 1. The molecular formula is C13H19N5O3. The monoisotopic (exact) mass is 293 g/mol. The number of H-pyrrole nitrogens is 1. The number of carbonyl (C=O) groups excluding carboxylic acids is 3. The maximum atomic E-state index is 12.0. The van der Waals surface area contributed by atoms with Crippen LogP contribution in [0.5, 0.6) is 0 Å². The van der Waals surface area contributed by atoms with Crippen LogP contribution in [0.2, 0.25) is 0 Å². The molecular weight excluding hydrogens is 274 g/mol. The summed E-state index contributed by atoms with van der Waals surface area (Å²) >= 11 is 0. The zero-order valence-corrected chi connectivity index (χ0v) is 12.3. The number of urea groups is 1. The van der Waals surface area contributed by atoms with Gasteiger partial charge < -0.3 is 10.6 Å². The number of aryl methyl sites for hydroxylation is 1. The van der Waals surface area contributed by atoms with Crippen LogP contribution in [0, 0.1) is 0 Å². The Bertz CT molecular complexity index is 578. The maximum Gasteiger partial charge on any atom is 0.325 e. The van der Waals surface area contributed by atoms with Gasteiger partial charge in [-0.3, -0.25) is 19.6 Å². The molecule has 1 fully saturated rings. The average Bonchev–Trinajstić information content (AvgIpc) is 2.91. The second-order valence-electron chi connectivity index (χ2n) is 5.43. The Morgan fingerprint density at radius 3 is 2.71 bits per heavy atom. The van der Waals surface area contributed by atoms with Gasteiger partial charge in [0, 0.05) is 18.5 Å². The molecule has 0 spiro atoms. The minimum absolute atomic E-state index is 0.0391. The largest absolute Gasteiger partial charge is 0.325 e. The first-order valence-corrected chi connectivity index (χ1v) is 6.81. The fraction of sp³-hybridized carbons (Fsp3) is 0.538. The Morgan fingerprint density at radius 2 is 2.14 bits per heavy atom. The van der Waals surface area contributed by atoms with Crippen molar-refractivity contribution in [2.45, 2.75) is 39.2 Å². The van der Waals surface area contributed by atoms with Gasteiger partial charge >= 0.3 is 6.03 Å². The van der Waals surface area contributed by atoms with Gasteiger partial charge in [-0.05, 0) is 20.3 Å². The van der Waals surface area contributed by atoms with Crippen LogP contribution >= 0.6 is 0 Å². The fourth-order valence-corrected chi connectivity index (χ4v) is 2.12. The van der Waals surface area contributed by atoms with Gasteiger partial charge in [-0.15, -0.1) is 0 Å². The summed E-state index contributed by atoms with van der Waals surface area (Å²) in [5.41, 5.74) is -0.00811. The molecule has 0 unspecified atom stereocenters. The van der Waals surface area contributed by atoms with Gasteiger partial charge in [0.25, 0.3) is 5.91 Å². The lowest BCUT2D eigenvalue weighted by Gasteiger charge is -2.15. The van der Waals surface area contributed by atoms with E-state index in [4.69, 9.17) is 0 Å². The molecule has 2 rings (SSSR count). The van der Waals surface area contributed by atoms with Crippen LogP contribution in [0.3, 0.4) is 0 Å². The average molecular weight is 293 g/mol. The second kappa shape index (κ2) is 5.55. The van der Waals surface area contributed by atoms with E-state index in [1.165, 1.54) is 0 Å². The molecule has 1 aromatic heterocycles. The van der Waals surface area contributed by atoms with E-state index in [1.807, 2.05) is 6.92 Å². The lowest BCUT2D eigenvalue weighted by molar-refractivity contribution is -0.130. The number of aromatic amines is 1. The Balaban J connectivity index is 1.90. The Hall–Kier alpha value is -2.38. The highest BCUT2D eigenvalue weighted by atomic mass is 16.2. The van der Waals surface area contributed by atoms with Crippen LogP contribution in [0.4, 0.5) is 10.6 Å². The number of carbonyl (C=O) groups is 3. The van der Waals surface area contributed by atoms with Gasteiger partial charge in [-0.25, -0.2) is 4.79 Å². The first kappa shape index (κ1) is 15.0. The normalized spacial score (nSPS) is 17.0. The van der Waals surface area contributed by atoms with Gasteiger partial charge in [0.1, 0.15) is 11.4 Å². The standard InChI is InChI=1S/C13H19N5O3/c1-4-8-7-14-17-10(8)15-9(19)5-6-18-11(20)13(2,3)16-12(18)21/h7H,4-6H2,1-3H3,(H,16,21)(H2,14,15,17,19). The van der Waals surface area contributed by atoms with Crippen molar-refractivity contribution in [1.29, 1.82) is 0 Å². The number of nitrogens with one attached hydrogen (secondary N) is 3. The number of nitrogens with zero attached hydrogens (tertiary/aromatic N) is 2. The molecule has 4 amide bonds. The summed E-state index contributed by atoms with van der Waals surface area (Å²) < 4.78 is 0. The molecule has 0 saturated carbocycles. The summed E-state index contributed by atoms with van der Waals surface area (Å²) in [6.45, 7) is 5.27. The third-order valence-electron chi connectivity index (χ3n) is 3.37. The summed E-state index contributed by atoms with van der Waals surface area (Å²) in [4.78, 5) is 36.6. The Kier molecular flexibility index (Phi) is 3.97. The van der Waals surface area contributed by atoms with Crippen LogP contribution in [0.1, 0.15) is 32.8 Å². The van der Waals surface area contributed by atoms with Crippen molar-refractivity contribution >= 4 is 23.7 Å². The molecule has 8 nitrogen and oxygen atoms in total. The predicted octanol–water partition coefficient (Wildman–Crippen LogP) is 0.631. The minimum Gasteiger partial charge on any atom is -0.324 e. The number of rotatable bonds is 5. The summed E-state index contributed by atoms with van der Waals surface area (Å²) in [6, 6.07) is -0.464. The van der Waals surface area contributed by atoms with Gasteiger partial charge in [0.2, 0.25) is 5.91 Å². The summed E-state index contributed by atoms with van der Waals surface area (Å²) in [5.74, 6) is -0.0460. The molecule has 0 atom stereocenters. The first-order valence-electron chi connectivity index (χ1n) is 6.81. The zero-order valence-electron chi connectivity index (χ0n) is 12.3. The minimum atomic E-state index is -0.910. The molecule has 2 heterocycles. The summed E-state index contributed by atoms with van der Waals surface area (Å²) in [5, 5.41) is 11.8. The molecule has 0 bridgehead atoms. The molecule has 8 heteroatoms. The molecule has 21 heavy (non-hydrogen) atoms. The van der Waals surface area contributed by atoms with E-state index in [2.05, 4.69) is 20.8 Å². The Morgan fingerprint density at radius 1 is 1.43 bits per heavy atom. The van der Waals surface area contributed by atoms with Crippen LogP contribution in [-0.2, 0) is 16.0 Å². The number of hydrogen-bond donors (Lipinski definition) is 3. The van der Waals surface area contributed by atoms with Gasteiger partial charge in [-0.1, -0.05) is 6.92 Å². The van der Waals surface area contributed by atoms with E-state index < -0.39 is 11.6 Å². The molecule has 1 saturated heterocycles. The zero-order chi connectivity index (χ0) is 15.6. The molecule has 114 valence electrons. The molecule has 3 N–H and O–H groups in total. The van der Waals surface area contributed by atoms with Crippen molar-refractivity contribution in [3.63, 3.8) is 0 Å². The summed E-state index contributed by atoms with van der Waals surface area (Å²) in [6.07, 6.45) is 2.43. The lowest BCUT2D eigenvalue weighted by Crippen LogP contribution is -2.40. The quantitative estimate of drug-likeness (QED) is 0.692. The van der Waals surface area contributed by atoms with Crippen molar-refractivity contribution in [2.75, 3.05) is 11.9 Å². The highest BCUT2D eigenvalue weighted by Gasteiger charge is 2.43. The smallest absolute Gasteiger partial charge is 0.324 e. The van der Waals surface area contributed by atoms with Crippen molar-refractivity contribution in [3.8, 4) is 0 Å². The lowest BCUT2D eigenvalue weighted by atomic mass is 10.1. The molecule has 1 aliphatic rings. The van der Waals surface area contributed by atoms with Gasteiger partial charge in [0.05, 0.1) is 6.20 Å². The summed E-state index contributed by atoms with van der Waals surface area (Å²) in [7, 11) is 0. The van der Waals surface area contributed by atoms with Gasteiger partial charge in [0.15, 0.2) is 0 Å². The van der Waals surface area contributed by atoms with Crippen molar-refractivity contribution in [2.24, 2.45) is 0 Å². The maximum absolute atomic E-state index is 12.0. The Labute approximate surface area is 122 Å². The van der Waals surface area contributed by atoms with E-state index >= 15 is 0 Å². The molecule has 0 radical (unpaired) electrons. The van der Waals surface area contributed by atoms with E-state index in [0.29, 0.717) is 5.82 Å². The van der Waals surface area contributed by atoms with Gasteiger partial charge in [-0.2, -0.15) is 5.10 Å². The molecule has 1 aliphatic heterocycles. The van der Waals surface area contributed by atoms with Crippen LogP contribution in [0.25, 0.3) is 0 Å². The number of hydrogen-bond acceptors (Lipinski definition) is 4. The first-order chi connectivity index (χ1) is 9.85. The van der Waals surface area contributed by atoms with Crippen LogP contribution in [-0.4, -0.2) is 45.0 Å². The predicted molar refractivity (Wildman–Crippen MR) is 75.5 cm³/mol. The second-order valence-corrected chi connectivity index (χ2v) is 5.43. The van der Waals surface area contributed by atoms with Crippen molar-refractivity contribution in [3.05, 3.63) is 11.8 Å². The fourth-order valence-electron chi connectivity index (χ4n) is 2.12. The van der Waals surface area contributed by atoms with Crippen molar-refractivity contribution in [1.82, 2.24) is 20.4 Å². The van der Waals surface area contributed by atoms with E-state index in [0.717, 1.165) is 16.9 Å². The molecule has 0 aromatic carbocycles. The number of anilines is 1. The molecule has 0 aliphatic carbocycles. The highest BCUT2D eigenvalue weighted by Crippen LogP contribution is 2.17. The van der Waals surface area contributed by atoms with E-state index in [-0.39, 0.29) is 24.8 Å². The number of aromatic nitrogens is 2. The van der Waals surface area contributed by atoms with E-state index in [1.54, 1.807) is 20.0 Å². The third kappa shape index (κ3) is 3.04. The topological polar surface area (TPSA) is 107 Å². The highest BCUT2D eigenvalue weighted by molar-refractivity contribution is 6.06. The van der Waals surface area contributed by atoms with E-state index in [9.17, 15) is 14.4 Å². The molecule has 1 aromatic rings. The third-order valence-corrected chi connectivity index (χ3v) is 3.37. The van der Waals surface area contributed by atoms with Crippen LogP contribution < -0.4 is 10.6 Å².